The lowest BCUT2D eigenvalue weighted by molar-refractivity contribution is 0.0957. The summed E-state index contributed by atoms with van der Waals surface area (Å²) in [5.74, 6) is 0.131. The van der Waals surface area contributed by atoms with Crippen LogP contribution in [0.1, 0.15) is 6.92 Å². The van der Waals surface area contributed by atoms with Crippen molar-refractivity contribution < 1.29 is 18.7 Å². The number of carbonyl (C=O) groups is 1. The zero-order valence-electron chi connectivity index (χ0n) is 8.53. The molecule has 0 atom stereocenters. The number of ether oxygens (including phenoxy) is 2. The van der Waals surface area contributed by atoms with Gasteiger partial charge in [-0.1, -0.05) is 15.9 Å². The molecule has 16 heavy (non-hydrogen) atoms. The molecule has 0 radical (unpaired) electrons. The van der Waals surface area contributed by atoms with Crippen molar-refractivity contribution in [1.29, 1.82) is 0 Å². The molecule has 0 spiro atoms. The molecule has 0 unspecified atom stereocenters. The van der Waals surface area contributed by atoms with Crippen LogP contribution in [0, 0.1) is 0 Å². The summed E-state index contributed by atoms with van der Waals surface area (Å²) < 4.78 is 15.7. The van der Waals surface area contributed by atoms with E-state index in [0.717, 1.165) is 9.86 Å². The minimum atomic E-state index is -0.763. The minimum absolute atomic E-state index is 0.131. The third-order valence-electron chi connectivity index (χ3n) is 1.90. The summed E-state index contributed by atoms with van der Waals surface area (Å²) >= 11 is 3.34. The van der Waals surface area contributed by atoms with Gasteiger partial charge in [-0.15, -0.1) is 0 Å². The molecule has 1 heterocycles. The first-order valence-electron chi connectivity index (χ1n) is 4.72. The van der Waals surface area contributed by atoms with Crippen molar-refractivity contribution in [3.05, 3.63) is 28.7 Å². The molecule has 2 rings (SSSR count). The van der Waals surface area contributed by atoms with Crippen LogP contribution in [-0.4, -0.2) is 12.8 Å². The minimum Gasteiger partial charge on any atom is -0.434 e. The molecule has 4 nitrogen and oxygen atoms in total. The summed E-state index contributed by atoms with van der Waals surface area (Å²) in [5.41, 5.74) is 0.655. The van der Waals surface area contributed by atoms with Crippen LogP contribution in [0.2, 0.25) is 0 Å². The molecule has 0 saturated carbocycles. The van der Waals surface area contributed by atoms with E-state index in [-0.39, 0.29) is 12.6 Å². The lowest BCUT2D eigenvalue weighted by Gasteiger charge is -1.98. The Morgan fingerprint density at radius 2 is 2.25 bits per heavy atom. The van der Waals surface area contributed by atoms with Gasteiger partial charge >= 0.3 is 6.16 Å². The third-order valence-corrected chi connectivity index (χ3v) is 2.40. The van der Waals surface area contributed by atoms with Gasteiger partial charge in [0.05, 0.1) is 6.61 Å². The highest BCUT2D eigenvalue weighted by Gasteiger charge is 2.10. The standard InChI is InChI=1S/C11H9BrO4/c1-2-14-11(13)16-10-6-7-5-8(12)3-4-9(7)15-10/h3-6H,2H2,1H3. The topological polar surface area (TPSA) is 48.7 Å². The van der Waals surface area contributed by atoms with Gasteiger partial charge in [0.15, 0.2) is 0 Å². The number of furan rings is 1. The molecular weight excluding hydrogens is 276 g/mol. The Hall–Kier alpha value is -1.49. The van der Waals surface area contributed by atoms with Crippen molar-refractivity contribution in [3.63, 3.8) is 0 Å². The fraction of sp³-hybridized carbons (Fsp3) is 0.182. The van der Waals surface area contributed by atoms with Gasteiger partial charge in [-0.25, -0.2) is 4.79 Å². The van der Waals surface area contributed by atoms with E-state index in [1.165, 1.54) is 0 Å². The molecule has 0 aliphatic carbocycles. The Bertz CT molecular complexity index is 518. The molecule has 0 bridgehead atoms. The lowest BCUT2D eigenvalue weighted by atomic mass is 10.3. The monoisotopic (exact) mass is 284 g/mol. The zero-order valence-corrected chi connectivity index (χ0v) is 10.1. The first kappa shape index (κ1) is 11.0. The highest BCUT2D eigenvalue weighted by Crippen LogP contribution is 2.27. The van der Waals surface area contributed by atoms with Crippen LogP contribution in [0.4, 0.5) is 4.79 Å². The molecule has 0 saturated heterocycles. The summed E-state index contributed by atoms with van der Waals surface area (Å²) in [5, 5.41) is 0.855. The Kier molecular flexibility index (Phi) is 3.14. The first-order chi connectivity index (χ1) is 7.69. The second kappa shape index (κ2) is 4.57. The first-order valence-corrected chi connectivity index (χ1v) is 5.52. The molecule has 1 aromatic heterocycles. The van der Waals surface area contributed by atoms with E-state index in [1.807, 2.05) is 12.1 Å². The van der Waals surface area contributed by atoms with Crippen LogP contribution in [0.3, 0.4) is 0 Å². The molecule has 5 heteroatoms. The maximum Gasteiger partial charge on any atom is 0.516 e. The second-order valence-electron chi connectivity index (χ2n) is 3.03. The molecule has 0 amide bonds. The van der Waals surface area contributed by atoms with Gasteiger partial charge < -0.3 is 13.9 Å². The number of halogens is 1. The second-order valence-corrected chi connectivity index (χ2v) is 3.95. The fourth-order valence-corrected chi connectivity index (χ4v) is 1.65. The van der Waals surface area contributed by atoms with Gasteiger partial charge in [-0.3, -0.25) is 0 Å². The van der Waals surface area contributed by atoms with Crippen LogP contribution in [-0.2, 0) is 4.74 Å². The SMILES string of the molecule is CCOC(=O)Oc1cc2cc(Br)ccc2o1. The van der Waals surface area contributed by atoms with Crippen molar-refractivity contribution in [3.8, 4) is 5.95 Å². The molecule has 1 aromatic carbocycles. The summed E-state index contributed by atoms with van der Waals surface area (Å²) in [4.78, 5) is 11.0. The Morgan fingerprint density at radius 1 is 1.44 bits per heavy atom. The van der Waals surface area contributed by atoms with Gasteiger partial charge in [0.1, 0.15) is 5.58 Å². The van der Waals surface area contributed by atoms with Crippen LogP contribution in [0.15, 0.2) is 33.2 Å². The molecule has 0 fully saturated rings. The number of benzene rings is 1. The summed E-state index contributed by atoms with van der Waals surface area (Å²) in [7, 11) is 0. The average Bonchev–Trinajstić information content (AvgIpc) is 2.59. The highest BCUT2D eigenvalue weighted by atomic mass is 79.9. The highest BCUT2D eigenvalue weighted by molar-refractivity contribution is 9.10. The number of fused-ring (bicyclic) bond motifs is 1. The average molecular weight is 285 g/mol. The molecular formula is C11H9BrO4. The van der Waals surface area contributed by atoms with Crippen molar-refractivity contribution in [2.75, 3.05) is 6.61 Å². The van der Waals surface area contributed by atoms with E-state index in [1.54, 1.807) is 19.1 Å². The maximum atomic E-state index is 11.0. The Morgan fingerprint density at radius 3 is 3.00 bits per heavy atom. The van der Waals surface area contributed by atoms with Crippen molar-refractivity contribution in [2.24, 2.45) is 0 Å². The number of rotatable bonds is 2. The normalized spacial score (nSPS) is 10.4. The van der Waals surface area contributed by atoms with Gasteiger partial charge in [-0.05, 0) is 25.1 Å². The van der Waals surface area contributed by atoms with Gasteiger partial charge in [-0.2, -0.15) is 0 Å². The Labute approximate surface area is 100 Å². The fourth-order valence-electron chi connectivity index (χ4n) is 1.27. The summed E-state index contributed by atoms with van der Waals surface area (Å²) in [6.07, 6.45) is -0.763. The van der Waals surface area contributed by atoms with E-state index in [4.69, 9.17) is 9.15 Å². The zero-order chi connectivity index (χ0) is 11.5. The third kappa shape index (κ3) is 2.36. The number of hydrogen-bond donors (Lipinski definition) is 0. The van der Waals surface area contributed by atoms with E-state index >= 15 is 0 Å². The molecule has 2 aromatic rings. The van der Waals surface area contributed by atoms with E-state index in [2.05, 4.69) is 20.7 Å². The summed E-state index contributed by atoms with van der Waals surface area (Å²) in [6.45, 7) is 1.97. The smallest absolute Gasteiger partial charge is 0.434 e. The van der Waals surface area contributed by atoms with Gasteiger partial charge in [0.2, 0.25) is 0 Å². The van der Waals surface area contributed by atoms with E-state index < -0.39 is 6.16 Å². The predicted octanol–water partition coefficient (Wildman–Crippen LogP) is 3.73. The molecule has 0 N–H and O–H groups in total. The van der Waals surface area contributed by atoms with Crippen LogP contribution in [0.5, 0.6) is 5.95 Å². The largest absolute Gasteiger partial charge is 0.516 e. The maximum absolute atomic E-state index is 11.0. The predicted molar refractivity (Wildman–Crippen MR) is 61.6 cm³/mol. The Balaban J connectivity index is 2.23. The number of carbonyl (C=O) groups excluding carboxylic acids is 1. The van der Waals surface area contributed by atoms with E-state index in [9.17, 15) is 4.79 Å². The van der Waals surface area contributed by atoms with Crippen LogP contribution >= 0.6 is 15.9 Å². The van der Waals surface area contributed by atoms with Gasteiger partial charge in [0, 0.05) is 15.9 Å². The van der Waals surface area contributed by atoms with Crippen molar-refractivity contribution in [1.82, 2.24) is 0 Å². The molecule has 0 aliphatic rings. The summed E-state index contributed by atoms with van der Waals surface area (Å²) in [6, 6.07) is 7.14. The van der Waals surface area contributed by atoms with Crippen LogP contribution < -0.4 is 4.74 Å². The van der Waals surface area contributed by atoms with Crippen molar-refractivity contribution >= 4 is 33.1 Å². The molecule has 0 aliphatic heterocycles. The number of hydrogen-bond acceptors (Lipinski definition) is 4. The van der Waals surface area contributed by atoms with Crippen LogP contribution in [0.25, 0.3) is 11.0 Å². The molecule has 84 valence electrons. The van der Waals surface area contributed by atoms with Crippen molar-refractivity contribution in [2.45, 2.75) is 6.92 Å². The van der Waals surface area contributed by atoms with Gasteiger partial charge in [0.25, 0.3) is 5.95 Å². The quantitative estimate of drug-likeness (QED) is 0.789. The van der Waals surface area contributed by atoms with E-state index in [0.29, 0.717) is 5.58 Å². The lowest BCUT2D eigenvalue weighted by Crippen LogP contribution is -2.09.